The molecule has 3 heterocycles. The van der Waals surface area contributed by atoms with Crippen LogP contribution < -0.4 is 10.2 Å². The fraction of sp³-hybridized carbons (Fsp3) is 0.333. The van der Waals surface area contributed by atoms with Gasteiger partial charge in [-0.3, -0.25) is 4.98 Å². The third kappa shape index (κ3) is 3.26. The lowest BCUT2D eigenvalue weighted by atomic mass is 9.96. The summed E-state index contributed by atoms with van der Waals surface area (Å²) < 4.78 is 3.62. The van der Waals surface area contributed by atoms with E-state index in [0.717, 1.165) is 21.0 Å². The lowest BCUT2D eigenvalue weighted by molar-refractivity contribution is 0.562. The van der Waals surface area contributed by atoms with Crippen molar-refractivity contribution in [2.24, 2.45) is 0 Å². The number of rotatable bonds is 4. The Balaban J connectivity index is 1.67. The summed E-state index contributed by atoms with van der Waals surface area (Å²) in [5.74, 6) is 0. The second-order valence-electron chi connectivity index (χ2n) is 8.36. The lowest BCUT2D eigenvalue weighted by Crippen LogP contribution is -2.29. The first-order valence-electron chi connectivity index (χ1n) is 10.4. The number of nitrogens with one attached hydrogen (secondary N) is 1. The van der Waals surface area contributed by atoms with Crippen molar-refractivity contribution in [2.45, 2.75) is 51.7 Å². The van der Waals surface area contributed by atoms with Gasteiger partial charge in [-0.15, -0.1) is 0 Å². The van der Waals surface area contributed by atoms with Crippen molar-refractivity contribution in [1.29, 1.82) is 0 Å². The smallest absolute Gasteiger partial charge is 0.174 e. The minimum atomic E-state index is -0.00388. The molecule has 1 N–H and O–H groups in total. The first kappa shape index (κ1) is 19.8. The maximum atomic E-state index is 5.87. The average molecular weight is 481 g/mol. The topological polar surface area (TPSA) is 33.1 Å². The van der Waals surface area contributed by atoms with Gasteiger partial charge in [0, 0.05) is 33.8 Å². The molecule has 4 nitrogen and oxygen atoms in total. The van der Waals surface area contributed by atoms with Crippen molar-refractivity contribution in [3.05, 3.63) is 81.3 Å². The third-order valence-corrected chi connectivity index (χ3v) is 7.48. The lowest BCUT2D eigenvalue weighted by Gasteiger charge is -2.28. The Kier molecular flexibility index (Phi) is 4.94. The first-order valence-corrected chi connectivity index (χ1v) is 11.6. The Bertz CT molecular complexity index is 1120. The van der Waals surface area contributed by atoms with Gasteiger partial charge in [0.1, 0.15) is 0 Å². The predicted molar refractivity (Wildman–Crippen MR) is 129 cm³/mol. The van der Waals surface area contributed by atoms with Crippen LogP contribution in [-0.2, 0) is 0 Å². The van der Waals surface area contributed by atoms with Gasteiger partial charge in [-0.2, -0.15) is 0 Å². The van der Waals surface area contributed by atoms with Gasteiger partial charge in [-0.1, -0.05) is 22.0 Å². The molecular formula is C24H25BrN4S. The molecular weight excluding hydrogens is 456 g/mol. The Hall–Kier alpha value is -2.18. The number of pyridine rings is 1. The van der Waals surface area contributed by atoms with Crippen molar-refractivity contribution >= 4 is 38.9 Å². The second kappa shape index (κ2) is 7.50. The van der Waals surface area contributed by atoms with E-state index in [0.29, 0.717) is 6.04 Å². The van der Waals surface area contributed by atoms with Crippen LogP contribution in [0.2, 0.25) is 0 Å². The van der Waals surface area contributed by atoms with Gasteiger partial charge in [-0.25, -0.2) is 0 Å². The van der Waals surface area contributed by atoms with E-state index in [1.807, 2.05) is 18.3 Å². The van der Waals surface area contributed by atoms with E-state index < -0.39 is 0 Å². The van der Waals surface area contributed by atoms with E-state index in [1.165, 1.54) is 35.4 Å². The first-order chi connectivity index (χ1) is 14.5. The molecule has 0 spiro atoms. The summed E-state index contributed by atoms with van der Waals surface area (Å²) in [7, 11) is 0. The molecule has 1 saturated carbocycles. The maximum Gasteiger partial charge on any atom is 0.174 e. The zero-order chi connectivity index (χ0) is 21.0. The van der Waals surface area contributed by atoms with Crippen LogP contribution in [0.1, 0.15) is 59.2 Å². The molecule has 5 rings (SSSR count). The van der Waals surface area contributed by atoms with Crippen molar-refractivity contribution in [3.63, 3.8) is 0 Å². The highest BCUT2D eigenvalue weighted by molar-refractivity contribution is 9.10. The normalized spacial score (nSPS) is 21.2. The molecule has 1 aliphatic heterocycles. The fourth-order valence-electron chi connectivity index (χ4n) is 4.72. The van der Waals surface area contributed by atoms with Crippen molar-refractivity contribution in [1.82, 2.24) is 14.9 Å². The summed E-state index contributed by atoms with van der Waals surface area (Å²) in [5, 5.41) is 4.32. The van der Waals surface area contributed by atoms with Gasteiger partial charge < -0.3 is 14.8 Å². The zero-order valence-corrected chi connectivity index (χ0v) is 19.8. The molecule has 0 radical (unpaired) electrons. The molecule has 2 aliphatic rings. The predicted octanol–water partition coefficient (Wildman–Crippen LogP) is 6.08. The molecule has 2 atom stereocenters. The SMILES string of the molecule is Cc1cc(N2C(=S)N[C@H](c3ccccn3)[C@H]2c2cc(C)n(C3CC3)c2C)ccc1Br. The van der Waals surface area contributed by atoms with Gasteiger partial charge in [0.2, 0.25) is 0 Å². The molecule has 0 bridgehead atoms. The summed E-state index contributed by atoms with van der Waals surface area (Å²) in [5.41, 5.74) is 7.30. The summed E-state index contributed by atoms with van der Waals surface area (Å²) in [6, 6.07) is 15.6. The van der Waals surface area contributed by atoms with Crippen molar-refractivity contribution in [3.8, 4) is 0 Å². The third-order valence-electron chi connectivity index (χ3n) is 6.27. The molecule has 1 aliphatic carbocycles. The van der Waals surface area contributed by atoms with E-state index in [4.69, 9.17) is 12.2 Å². The Morgan fingerprint density at radius 3 is 2.57 bits per heavy atom. The van der Waals surface area contributed by atoms with Crippen LogP contribution in [-0.4, -0.2) is 14.7 Å². The average Bonchev–Trinajstić information content (AvgIpc) is 3.44. The van der Waals surface area contributed by atoms with E-state index in [-0.39, 0.29) is 12.1 Å². The van der Waals surface area contributed by atoms with Gasteiger partial charge in [0.05, 0.1) is 17.8 Å². The molecule has 0 unspecified atom stereocenters. The molecule has 3 aromatic rings. The van der Waals surface area contributed by atoms with Crippen LogP contribution in [0.5, 0.6) is 0 Å². The summed E-state index contributed by atoms with van der Waals surface area (Å²) in [6.07, 6.45) is 4.41. The number of nitrogens with zero attached hydrogens (tertiary/aromatic N) is 3. The van der Waals surface area contributed by atoms with E-state index in [9.17, 15) is 0 Å². The standard InChI is InChI=1S/C24H25BrN4S/c1-14-12-18(9-10-20(14)25)29-23(19-13-15(2)28(16(19)3)17-7-8-17)22(27-24(29)30)21-6-4-5-11-26-21/h4-6,9-13,17,22-23H,7-8H2,1-3H3,(H,27,30)/t22-,23-/m1/s1. The molecule has 2 fully saturated rings. The summed E-state index contributed by atoms with van der Waals surface area (Å²) in [6.45, 7) is 6.59. The quantitative estimate of drug-likeness (QED) is 0.458. The molecule has 154 valence electrons. The van der Waals surface area contributed by atoms with Crippen LogP contribution in [0.3, 0.4) is 0 Å². The number of benzene rings is 1. The largest absolute Gasteiger partial charge is 0.351 e. The Morgan fingerprint density at radius 1 is 1.10 bits per heavy atom. The number of anilines is 1. The highest BCUT2D eigenvalue weighted by Gasteiger charge is 2.43. The number of aromatic nitrogens is 2. The molecule has 0 amide bonds. The van der Waals surface area contributed by atoms with Crippen molar-refractivity contribution < 1.29 is 0 Å². The number of thiocarbonyl (C=S) groups is 1. The Labute approximate surface area is 191 Å². The number of hydrogen-bond acceptors (Lipinski definition) is 2. The van der Waals surface area contributed by atoms with Crippen LogP contribution in [0.15, 0.2) is 53.1 Å². The van der Waals surface area contributed by atoms with E-state index >= 15 is 0 Å². The minimum Gasteiger partial charge on any atom is -0.351 e. The number of halogens is 1. The molecule has 1 aromatic carbocycles. The molecule has 30 heavy (non-hydrogen) atoms. The second-order valence-corrected chi connectivity index (χ2v) is 9.60. The van der Waals surface area contributed by atoms with Crippen LogP contribution in [0, 0.1) is 20.8 Å². The fourth-order valence-corrected chi connectivity index (χ4v) is 5.32. The van der Waals surface area contributed by atoms with Gasteiger partial charge in [0.25, 0.3) is 0 Å². The monoisotopic (exact) mass is 480 g/mol. The van der Waals surface area contributed by atoms with Gasteiger partial charge in [0.15, 0.2) is 5.11 Å². The van der Waals surface area contributed by atoms with Gasteiger partial charge >= 0.3 is 0 Å². The number of aryl methyl sites for hydroxylation is 2. The van der Waals surface area contributed by atoms with Crippen LogP contribution >= 0.6 is 28.1 Å². The number of hydrogen-bond donors (Lipinski definition) is 1. The highest BCUT2D eigenvalue weighted by Crippen LogP contribution is 2.46. The van der Waals surface area contributed by atoms with E-state index in [1.54, 1.807) is 0 Å². The zero-order valence-electron chi connectivity index (χ0n) is 17.4. The Morgan fingerprint density at radius 2 is 1.90 bits per heavy atom. The summed E-state index contributed by atoms with van der Waals surface area (Å²) in [4.78, 5) is 6.94. The summed E-state index contributed by atoms with van der Waals surface area (Å²) >= 11 is 9.50. The minimum absolute atomic E-state index is 0.00388. The maximum absolute atomic E-state index is 5.87. The molecule has 6 heteroatoms. The molecule has 1 saturated heterocycles. The van der Waals surface area contributed by atoms with E-state index in [2.05, 4.69) is 86.8 Å². The van der Waals surface area contributed by atoms with Crippen molar-refractivity contribution in [2.75, 3.05) is 4.90 Å². The van der Waals surface area contributed by atoms with Crippen LogP contribution in [0.25, 0.3) is 0 Å². The molecule has 2 aromatic heterocycles. The highest BCUT2D eigenvalue weighted by atomic mass is 79.9. The van der Waals surface area contributed by atoms with Gasteiger partial charge in [-0.05, 0) is 93.4 Å². The van der Waals surface area contributed by atoms with Crippen LogP contribution in [0.4, 0.5) is 5.69 Å².